The predicted molar refractivity (Wildman–Crippen MR) is 68.3 cm³/mol. The Balaban J connectivity index is 1.77. The van der Waals surface area contributed by atoms with Crippen LogP contribution in [-0.2, 0) is 0 Å². The highest BCUT2D eigenvalue weighted by Gasteiger charge is 2.42. The van der Waals surface area contributed by atoms with E-state index in [0.717, 1.165) is 31.0 Å². The molecule has 1 saturated heterocycles. The number of rotatable bonds is 1. The van der Waals surface area contributed by atoms with Gasteiger partial charge in [-0.15, -0.1) is 0 Å². The number of nitrogens with two attached hydrogens (primary N) is 1. The van der Waals surface area contributed by atoms with Crippen molar-refractivity contribution in [1.29, 1.82) is 0 Å². The normalized spacial score (nSPS) is 30.8. The van der Waals surface area contributed by atoms with E-state index in [0.29, 0.717) is 17.4 Å². The van der Waals surface area contributed by atoms with Gasteiger partial charge in [-0.05, 0) is 44.6 Å². The van der Waals surface area contributed by atoms with E-state index in [-0.39, 0.29) is 11.9 Å². The second-order valence-electron chi connectivity index (χ2n) is 5.70. The summed E-state index contributed by atoms with van der Waals surface area (Å²) in [5.74, 6) is 2.73. The first-order valence-electron chi connectivity index (χ1n) is 6.68. The molecule has 1 saturated carbocycles. The summed E-state index contributed by atoms with van der Waals surface area (Å²) in [6.07, 6.45) is 2.28. The zero-order valence-electron chi connectivity index (χ0n) is 11.0. The van der Waals surface area contributed by atoms with Gasteiger partial charge in [-0.2, -0.15) is 0 Å². The maximum absolute atomic E-state index is 12.4. The summed E-state index contributed by atoms with van der Waals surface area (Å²) in [6, 6.07) is 2.12. The van der Waals surface area contributed by atoms with Gasteiger partial charge in [0.2, 0.25) is 0 Å². The van der Waals surface area contributed by atoms with Gasteiger partial charge < -0.3 is 15.1 Å². The number of fused-ring (bicyclic) bond motifs is 1. The lowest BCUT2D eigenvalue weighted by Gasteiger charge is -2.18. The average Bonchev–Trinajstić information content (AvgIpc) is 2.96. The van der Waals surface area contributed by atoms with Gasteiger partial charge in [0.1, 0.15) is 11.5 Å². The maximum Gasteiger partial charge on any atom is 0.257 e. The molecule has 0 radical (unpaired) electrons. The highest BCUT2D eigenvalue weighted by molar-refractivity contribution is 5.95. The largest absolute Gasteiger partial charge is 0.466 e. The zero-order chi connectivity index (χ0) is 12.9. The van der Waals surface area contributed by atoms with Crippen LogP contribution in [0.4, 0.5) is 0 Å². The molecule has 0 aromatic carbocycles. The van der Waals surface area contributed by atoms with Crippen molar-refractivity contribution in [3.8, 4) is 0 Å². The fourth-order valence-electron chi connectivity index (χ4n) is 3.49. The van der Waals surface area contributed by atoms with Crippen LogP contribution in [0, 0.1) is 25.7 Å². The number of hydrogen-bond acceptors (Lipinski definition) is 3. The number of furan rings is 1. The summed E-state index contributed by atoms with van der Waals surface area (Å²) in [5, 5.41) is 0. The number of amides is 1. The molecule has 1 aliphatic heterocycles. The van der Waals surface area contributed by atoms with Crippen LogP contribution in [0.1, 0.15) is 34.7 Å². The Labute approximate surface area is 107 Å². The highest BCUT2D eigenvalue weighted by Crippen LogP contribution is 2.37. The third-order valence-electron chi connectivity index (χ3n) is 4.47. The van der Waals surface area contributed by atoms with Crippen LogP contribution in [0.2, 0.25) is 0 Å². The van der Waals surface area contributed by atoms with Gasteiger partial charge in [0.25, 0.3) is 5.91 Å². The van der Waals surface area contributed by atoms with Gasteiger partial charge in [-0.3, -0.25) is 4.79 Å². The third-order valence-corrected chi connectivity index (χ3v) is 4.47. The molecule has 2 N–H and O–H groups in total. The number of aryl methyl sites for hydroxylation is 2. The van der Waals surface area contributed by atoms with Crippen LogP contribution < -0.4 is 5.73 Å². The van der Waals surface area contributed by atoms with Crippen molar-refractivity contribution in [2.75, 3.05) is 13.1 Å². The zero-order valence-corrected chi connectivity index (χ0v) is 11.0. The van der Waals surface area contributed by atoms with Crippen molar-refractivity contribution in [3.63, 3.8) is 0 Å². The minimum absolute atomic E-state index is 0.103. The highest BCUT2D eigenvalue weighted by atomic mass is 16.3. The summed E-state index contributed by atoms with van der Waals surface area (Å²) in [7, 11) is 0. The monoisotopic (exact) mass is 248 g/mol. The first-order chi connectivity index (χ1) is 8.56. The molecular weight excluding hydrogens is 228 g/mol. The fraction of sp³-hybridized carbons (Fsp3) is 0.643. The summed E-state index contributed by atoms with van der Waals surface area (Å²) in [4.78, 5) is 14.4. The van der Waals surface area contributed by atoms with Crippen molar-refractivity contribution < 1.29 is 9.21 Å². The van der Waals surface area contributed by atoms with Crippen LogP contribution in [0.15, 0.2) is 10.5 Å². The van der Waals surface area contributed by atoms with Crippen LogP contribution in [0.3, 0.4) is 0 Å². The smallest absolute Gasteiger partial charge is 0.257 e. The Kier molecular flexibility index (Phi) is 2.70. The topological polar surface area (TPSA) is 59.5 Å². The Hall–Kier alpha value is -1.29. The molecule has 0 spiro atoms. The summed E-state index contributed by atoms with van der Waals surface area (Å²) >= 11 is 0. The Morgan fingerprint density at radius 2 is 2.17 bits per heavy atom. The van der Waals surface area contributed by atoms with Crippen LogP contribution in [0.25, 0.3) is 0 Å². The lowest BCUT2D eigenvalue weighted by Crippen LogP contribution is -2.33. The van der Waals surface area contributed by atoms with Gasteiger partial charge in [-0.25, -0.2) is 0 Å². The van der Waals surface area contributed by atoms with Crippen molar-refractivity contribution in [2.24, 2.45) is 17.6 Å². The first kappa shape index (κ1) is 11.8. The van der Waals surface area contributed by atoms with E-state index in [1.165, 1.54) is 6.42 Å². The minimum Gasteiger partial charge on any atom is -0.466 e. The molecule has 3 unspecified atom stereocenters. The molecule has 1 amide bonds. The molecule has 0 bridgehead atoms. The molecule has 98 valence electrons. The quantitative estimate of drug-likeness (QED) is 0.823. The number of nitrogens with zero attached hydrogens (tertiary/aromatic N) is 1. The van der Waals surface area contributed by atoms with E-state index in [1.54, 1.807) is 0 Å². The number of carbonyl (C=O) groups is 1. The molecule has 18 heavy (non-hydrogen) atoms. The van der Waals surface area contributed by atoms with Gasteiger partial charge >= 0.3 is 0 Å². The van der Waals surface area contributed by atoms with E-state index in [9.17, 15) is 4.79 Å². The standard InChI is InChI=1S/C14H20N2O2/c1-8-5-11(9(2)18-8)14(17)16-6-10-3-4-13(15)12(10)7-16/h5,10,12-13H,3-4,6-7,15H2,1-2H3. The molecule has 4 heteroatoms. The van der Waals surface area contributed by atoms with Crippen molar-refractivity contribution >= 4 is 5.91 Å². The minimum atomic E-state index is 0.103. The maximum atomic E-state index is 12.4. The fourth-order valence-corrected chi connectivity index (χ4v) is 3.49. The SMILES string of the molecule is Cc1cc(C(=O)N2CC3CCC(N)C3C2)c(C)o1. The van der Waals surface area contributed by atoms with Crippen molar-refractivity contribution in [1.82, 2.24) is 4.90 Å². The lowest BCUT2D eigenvalue weighted by atomic mass is 9.98. The first-order valence-corrected chi connectivity index (χ1v) is 6.68. The lowest BCUT2D eigenvalue weighted by molar-refractivity contribution is 0.0778. The van der Waals surface area contributed by atoms with E-state index in [1.807, 2.05) is 24.8 Å². The number of carbonyl (C=O) groups excluding carboxylic acids is 1. The van der Waals surface area contributed by atoms with Gasteiger partial charge in [-0.1, -0.05) is 0 Å². The van der Waals surface area contributed by atoms with Crippen LogP contribution >= 0.6 is 0 Å². The molecule has 2 heterocycles. The molecule has 4 nitrogen and oxygen atoms in total. The summed E-state index contributed by atoms with van der Waals surface area (Å²) < 4.78 is 5.44. The van der Waals surface area contributed by atoms with E-state index < -0.39 is 0 Å². The molecular formula is C14H20N2O2. The molecule has 1 aliphatic carbocycles. The second-order valence-corrected chi connectivity index (χ2v) is 5.70. The second kappa shape index (κ2) is 4.12. The summed E-state index contributed by atoms with van der Waals surface area (Å²) in [5.41, 5.74) is 6.81. The van der Waals surface area contributed by atoms with E-state index >= 15 is 0 Å². The van der Waals surface area contributed by atoms with Crippen LogP contribution in [0.5, 0.6) is 0 Å². The molecule has 2 fully saturated rings. The summed E-state index contributed by atoms with van der Waals surface area (Å²) in [6.45, 7) is 5.40. The number of hydrogen-bond donors (Lipinski definition) is 1. The Morgan fingerprint density at radius 1 is 1.39 bits per heavy atom. The number of likely N-dealkylation sites (tertiary alicyclic amines) is 1. The molecule has 1 aromatic rings. The molecule has 2 aliphatic rings. The Morgan fingerprint density at radius 3 is 2.78 bits per heavy atom. The average molecular weight is 248 g/mol. The molecule has 3 atom stereocenters. The van der Waals surface area contributed by atoms with Gasteiger partial charge in [0, 0.05) is 19.1 Å². The van der Waals surface area contributed by atoms with Crippen LogP contribution in [-0.4, -0.2) is 29.9 Å². The van der Waals surface area contributed by atoms with Gasteiger partial charge in [0.15, 0.2) is 0 Å². The van der Waals surface area contributed by atoms with Crippen molar-refractivity contribution in [3.05, 3.63) is 23.2 Å². The van der Waals surface area contributed by atoms with Crippen molar-refractivity contribution in [2.45, 2.75) is 32.7 Å². The molecule has 1 aromatic heterocycles. The Bertz CT molecular complexity index is 480. The third kappa shape index (κ3) is 1.75. The predicted octanol–water partition coefficient (Wildman–Crippen LogP) is 1.71. The molecule has 3 rings (SSSR count). The van der Waals surface area contributed by atoms with E-state index in [2.05, 4.69) is 0 Å². The van der Waals surface area contributed by atoms with E-state index in [4.69, 9.17) is 10.2 Å². The van der Waals surface area contributed by atoms with Gasteiger partial charge in [0.05, 0.1) is 5.56 Å².